The van der Waals surface area contributed by atoms with Crippen molar-refractivity contribution in [2.24, 2.45) is 5.92 Å². The lowest BCUT2D eigenvalue weighted by atomic mass is 10.1. The van der Waals surface area contributed by atoms with Gasteiger partial charge in [-0.25, -0.2) is 0 Å². The van der Waals surface area contributed by atoms with Gasteiger partial charge in [-0.05, 0) is 13.3 Å². The van der Waals surface area contributed by atoms with Crippen molar-refractivity contribution < 1.29 is 9.53 Å². The van der Waals surface area contributed by atoms with Gasteiger partial charge in [0.25, 0.3) is 0 Å². The van der Waals surface area contributed by atoms with Crippen molar-refractivity contribution in [2.75, 3.05) is 18.5 Å². The second-order valence-electron chi connectivity index (χ2n) is 4.92. The summed E-state index contributed by atoms with van der Waals surface area (Å²) in [5.74, 6) is 0.758. The third kappa shape index (κ3) is 2.70. The first-order valence-corrected chi connectivity index (χ1v) is 6.60. The fourth-order valence-corrected chi connectivity index (χ4v) is 2.11. The molecule has 1 aromatic heterocycles. The molecule has 1 atom stereocenters. The van der Waals surface area contributed by atoms with E-state index in [4.69, 9.17) is 4.74 Å². The van der Waals surface area contributed by atoms with Crippen LogP contribution in [-0.4, -0.2) is 34.3 Å². The third-order valence-corrected chi connectivity index (χ3v) is 3.35. The Morgan fingerprint density at radius 2 is 2.20 bits per heavy atom. The number of amides is 1. The highest BCUT2D eigenvalue weighted by Crippen LogP contribution is 2.18. The van der Waals surface area contributed by atoms with Gasteiger partial charge >= 0.3 is 0 Å². The van der Waals surface area contributed by atoms with Crippen LogP contribution in [0.25, 0.3) is 11.4 Å². The predicted octanol–water partition coefficient (Wildman–Crippen LogP) is 1.76. The number of aromatic nitrogens is 3. The number of carbonyl (C=O) groups excluding carboxylic acids is 1. The molecule has 6 nitrogen and oxygen atoms in total. The van der Waals surface area contributed by atoms with Gasteiger partial charge in [-0.1, -0.05) is 29.8 Å². The van der Waals surface area contributed by atoms with E-state index in [1.165, 1.54) is 5.56 Å². The maximum absolute atomic E-state index is 11.9. The van der Waals surface area contributed by atoms with Crippen LogP contribution in [0.1, 0.15) is 12.0 Å². The molecule has 3 rings (SSSR count). The average Bonchev–Trinajstić information content (AvgIpc) is 3.10. The maximum Gasteiger partial charge on any atom is 0.249 e. The van der Waals surface area contributed by atoms with E-state index in [1.807, 2.05) is 31.2 Å². The van der Waals surface area contributed by atoms with Crippen molar-refractivity contribution in [2.45, 2.75) is 13.3 Å². The van der Waals surface area contributed by atoms with E-state index < -0.39 is 0 Å². The minimum absolute atomic E-state index is 0.0862. The first kappa shape index (κ1) is 12.8. The maximum atomic E-state index is 11.9. The molecule has 1 aliphatic heterocycles. The summed E-state index contributed by atoms with van der Waals surface area (Å²) in [6.45, 7) is 3.14. The quantitative estimate of drug-likeness (QED) is 0.892. The molecule has 2 aromatic rings. The molecule has 20 heavy (non-hydrogen) atoms. The zero-order valence-corrected chi connectivity index (χ0v) is 11.2. The number of carbonyl (C=O) groups is 1. The highest BCUT2D eigenvalue weighted by Gasteiger charge is 2.24. The van der Waals surface area contributed by atoms with Crippen molar-refractivity contribution in [3.63, 3.8) is 0 Å². The fraction of sp³-hybridized carbons (Fsp3) is 0.357. The van der Waals surface area contributed by atoms with Gasteiger partial charge in [0.2, 0.25) is 11.9 Å². The van der Waals surface area contributed by atoms with Crippen LogP contribution >= 0.6 is 0 Å². The van der Waals surface area contributed by atoms with Crippen molar-refractivity contribution >= 4 is 11.9 Å². The summed E-state index contributed by atoms with van der Waals surface area (Å²) in [4.78, 5) is 16.2. The van der Waals surface area contributed by atoms with E-state index in [1.54, 1.807) is 0 Å². The van der Waals surface area contributed by atoms with Crippen molar-refractivity contribution in [3.8, 4) is 11.4 Å². The molecule has 1 amide bonds. The number of H-pyrrole nitrogens is 1. The van der Waals surface area contributed by atoms with Crippen LogP contribution in [0.4, 0.5) is 5.95 Å². The topological polar surface area (TPSA) is 79.9 Å². The molecule has 0 spiro atoms. The lowest BCUT2D eigenvalue weighted by molar-refractivity contribution is -0.119. The molecule has 1 saturated heterocycles. The van der Waals surface area contributed by atoms with Crippen molar-refractivity contribution in [3.05, 3.63) is 29.8 Å². The predicted molar refractivity (Wildman–Crippen MR) is 74.1 cm³/mol. The number of aromatic amines is 1. The molecule has 1 aliphatic rings. The SMILES string of the molecule is Cc1ccc(-c2nc(NC(=O)C3CCOC3)n[nH]2)cc1. The van der Waals surface area contributed by atoms with Gasteiger partial charge in [-0.2, -0.15) is 4.98 Å². The van der Waals surface area contributed by atoms with Gasteiger partial charge in [0.15, 0.2) is 5.82 Å². The summed E-state index contributed by atoms with van der Waals surface area (Å²) in [6.07, 6.45) is 0.751. The number of hydrogen-bond acceptors (Lipinski definition) is 4. The van der Waals surface area contributed by atoms with Gasteiger partial charge < -0.3 is 4.74 Å². The van der Waals surface area contributed by atoms with Crippen LogP contribution in [0, 0.1) is 12.8 Å². The number of benzene rings is 1. The Balaban J connectivity index is 1.70. The van der Waals surface area contributed by atoms with E-state index in [2.05, 4.69) is 20.5 Å². The van der Waals surface area contributed by atoms with Gasteiger partial charge in [0.05, 0.1) is 12.5 Å². The van der Waals surface area contributed by atoms with Gasteiger partial charge in [-0.15, -0.1) is 5.10 Å². The zero-order valence-electron chi connectivity index (χ0n) is 11.2. The van der Waals surface area contributed by atoms with Crippen LogP contribution in [0.15, 0.2) is 24.3 Å². The normalized spacial score (nSPS) is 18.1. The summed E-state index contributed by atoms with van der Waals surface area (Å²) in [5, 5.41) is 9.56. The highest BCUT2D eigenvalue weighted by atomic mass is 16.5. The van der Waals surface area contributed by atoms with Gasteiger partial charge in [0, 0.05) is 12.2 Å². The largest absolute Gasteiger partial charge is 0.381 e. The van der Waals surface area contributed by atoms with Crippen LogP contribution in [0.2, 0.25) is 0 Å². The molecule has 6 heteroatoms. The molecule has 1 unspecified atom stereocenters. The molecule has 0 saturated carbocycles. The van der Waals surface area contributed by atoms with Crippen LogP contribution in [0.3, 0.4) is 0 Å². The monoisotopic (exact) mass is 272 g/mol. The van der Waals surface area contributed by atoms with Gasteiger partial charge in [-0.3, -0.25) is 15.2 Å². The van der Waals surface area contributed by atoms with E-state index in [0.717, 1.165) is 12.0 Å². The van der Waals surface area contributed by atoms with Crippen LogP contribution in [0.5, 0.6) is 0 Å². The number of rotatable bonds is 3. The molecular weight excluding hydrogens is 256 g/mol. The second-order valence-corrected chi connectivity index (χ2v) is 4.92. The Hall–Kier alpha value is -2.21. The third-order valence-electron chi connectivity index (χ3n) is 3.35. The Labute approximate surface area is 116 Å². The lowest BCUT2D eigenvalue weighted by Gasteiger charge is -2.05. The minimum atomic E-state index is -0.101. The molecule has 0 aliphatic carbocycles. The van der Waals surface area contributed by atoms with E-state index in [-0.39, 0.29) is 11.8 Å². The minimum Gasteiger partial charge on any atom is -0.381 e. The summed E-state index contributed by atoms with van der Waals surface area (Å²) < 4.78 is 5.19. The summed E-state index contributed by atoms with van der Waals surface area (Å²) in [6, 6.07) is 7.94. The molecular formula is C14H16N4O2. The second kappa shape index (κ2) is 5.42. The molecule has 0 bridgehead atoms. The van der Waals surface area contributed by atoms with E-state index in [0.29, 0.717) is 25.0 Å². The van der Waals surface area contributed by atoms with Gasteiger partial charge in [0.1, 0.15) is 0 Å². The first-order valence-electron chi connectivity index (χ1n) is 6.60. The smallest absolute Gasteiger partial charge is 0.249 e. The Morgan fingerprint density at radius 1 is 1.40 bits per heavy atom. The van der Waals surface area contributed by atoms with E-state index in [9.17, 15) is 4.79 Å². The Bertz CT molecular complexity index is 600. The lowest BCUT2D eigenvalue weighted by Crippen LogP contribution is -2.23. The van der Waals surface area contributed by atoms with Crippen molar-refractivity contribution in [1.82, 2.24) is 15.2 Å². The first-order chi connectivity index (χ1) is 9.72. The summed E-state index contributed by atoms with van der Waals surface area (Å²) >= 11 is 0. The number of ether oxygens (including phenoxy) is 1. The highest BCUT2D eigenvalue weighted by molar-refractivity contribution is 5.91. The fourth-order valence-electron chi connectivity index (χ4n) is 2.11. The Morgan fingerprint density at radius 3 is 2.90 bits per heavy atom. The number of anilines is 1. The summed E-state index contributed by atoms with van der Waals surface area (Å²) in [7, 11) is 0. The molecule has 1 aromatic carbocycles. The number of hydrogen-bond donors (Lipinski definition) is 2. The van der Waals surface area contributed by atoms with Crippen LogP contribution < -0.4 is 5.32 Å². The Kier molecular flexibility index (Phi) is 3.47. The van der Waals surface area contributed by atoms with Crippen LogP contribution in [-0.2, 0) is 9.53 Å². The number of nitrogens with zero attached hydrogens (tertiary/aromatic N) is 2. The van der Waals surface area contributed by atoms with Crippen molar-refractivity contribution in [1.29, 1.82) is 0 Å². The van der Waals surface area contributed by atoms with E-state index >= 15 is 0 Å². The molecule has 2 N–H and O–H groups in total. The molecule has 0 radical (unpaired) electrons. The zero-order chi connectivity index (χ0) is 13.9. The summed E-state index contributed by atoms with van der Waals surface area (Å²) in [5.41, 5.74) is 2.12. The number of aryl methyl sites for hydroxylation is 1. The molecule has 2 heterocycles. The average molecular weight is 272 g/mol. The number of nitrogens with one attached hydrogen (secondary N) is 2. The standard InChI is InChI=1S/C14H16N4O2/c1-9-2-4-10(5-3-9)12-15-14(18-17-12)16-13(19)11-6-7-20-8-11/h2-5,11H,6-8H2,1H3,(H2,15,16,17,18,19). The molecule has 104 valence electrons. The molecule has 1 fully saturated rings.